The van der Waals surface area contributed by atoms with Gasteiger partial charge in [0.1, 0.15) is 0 Å². The second-order valence-corrected chi connectivity index (χ2v) is 3.20. The Morgan fingerprint density at radius 2 is 2.27 bits per heavy atom. The lowest BCUT2D eigenvalue weighted by molar-refractivity contribution is -0.147. The predicted octanol–water partition coefficient (Wildman–Crippen LogP) is 0.829. The van der Waals surface area contributed by atoms with Crippen molar-refractivity contribution in [3.05, 3.63) is 29.3 Å². The van der Waals surface area contributed by atoms with Gasteiger partial charge >= 0.3 is 5.97 Å². The summed E-state index contributed by atoms with van der Waals surface area (Å²) in [5.41, 5.74) is 3.68. The smallest absolute Gasteiger partial charge is 0.337 e. The van der Waals surface area contributed by atoms with Gasteiger partial charge in [0, 0.05) is 11.6 Å². The van der Waals surface area contributed by atoms with Crippen molar-refractivity contribution in [2.45, 2.75) is 12.0 Å². The molecule has 5 nitrogen and oxygen atoms in total. The zero-order chi connectivity index (χ0) is 11.4. The van der Waals surface area contributed by atoms with Crippen molar-refractivity contribution in [1.82, 2.24) is 0 Å². The van der Waals surface area contributed by atoms with E-state index < -0.39 is 12.1 Å². The van der Waals surface area contributed by atoms with Gasteiger partial charge in [-0.1, -0.05) is 6.07 Å². The molecule has 0 aliphatic carbocycles. The van der Waals surface area contributed by atoms with Gasteiger partial charge in [0.2, 0.25) is 0 Å². The average Bonchev–Trinajstić information content (AvgIpc) is 2.27. The third-order valence-electron chi connectivity index (χ3n) is 1.99. The quantitative estimate of drug-likeness (QED) is 0.349. The van der Waals surface area contributed by atoms with E-state index in [4.69, 9.17) is 22.6 Å². The van der Waals surface area contributed by atoms with Crippen molar-refractivity contribution in [3.8, 4) is 0 Å². The van der Waals surface area contributed by atoms with Crippen LogP contribution in [0.4, 0.5) is 5.69 Å². The van der Waals surface area contributed by atoms with Gasteiger partial charge in [-0.15, -0.1) is 11.6 Å². The summed E-state index contributed by atoms with van der Waals surface area (Å²) in [7, 11) is 0. The highest BCUT2D eigenvalue weighted by Gasteiger charge is 2.19. The van der Waals surface area contributed by atoms with E-state index in [0.29, 0.717) is 11.3 Å². The van der Waals surface area contributed by atoms with Crippen LogP contribution in [0.15, 0.2) is 18.2 Å². The molecule has 0 aliphatic heterocycles. The summed E-state index contributed by atoms with van der Waals surface area (Å²) in [5, 5.41) is 18.1. The maximum Gasteiger partial charge on any atom is 0.337 e. The summed E-state index contributed by atoms with van der Waals surface area (Å²) in [6.45, 7) is 0. The molecule has 0 spiro atoms. The zero-order valence-corrected chi connectivity index (χ0v) is 8.53. The highest BCUT2D eigenvalue weighted by molar-refractivity contribution is 6.17. The maximum absolute atomic E-state index is 10.6. The van der Waals surface area contributed by atoms with Crippen LogP contribution in [0.5, 0.6) is 0 Å². The van der Waals surface area contributed by atoms with Crippen LogP contribution >= 0.6 is 11.6 Å². The van der Waals surface area contributed by atoms with E-state index in [1.807, 2.05) is 0 Å². The Balaban J connectivity index is 3.16. The average molecular weight is 231 g/mol. The van der Waals surface area contributed by atoms with Crippen LogP contribution < -0.4 is 11.3 Å². The number of halogens is 1. The molecule has 0 fully saturated rings. The summed E-state index contributed by atoms with van der Waals surface area (Å²) in [6.07, 6.45) is -1.59. The lowest BCUT2D eigenvalue weighted by atomic mass is 10.0. The lowest BCUT2D eigenvalue weighted by Gasteiger charge is -2.12. The number of anilines is 1. The maximum atomic E-state index is 10.6. The Labute approximate surface area is 91.4 Å². The number of aliphatic hydroxyl groups excluding tert-OH is 1. The number of hydrogen-bond donors (Lipinski definition) is 4. The number of carboxylic acid groups (broad SMARTS) is 1. The molecule has 0 saturated carbocycles. The van der Waals surface area contributed by atoms with E-state index in [2.05, 4.69) is 5.43 Å². The molecule has 1 rings (SSSR count). The third kappa shape index (κ3) is 2.59. The summed E-state index contributed by atoms with van der Waals surface area (Å²) >= 11 is 5.62. The van der Waals surface area contributed by atoms with Crippen molar-refractivity contribution in [2.75, 3.05) is 5.43 Å². The van der Waals surface area contributed by atoms with E-state index in [1.165, 1.54) is 6.07 Å². The predicted molar refractivity (Wildman–Crippen MR) is 56.4 cm³/mol. The molecule has 1 unspecified atom stereocenters. The second-order valence-electron chi connectivity index (χ2n) is 2.93. The first-order valence-corrected chi connectivity index (χ1v) is 4.70. The first kappa shape index (κ1) is 11.8. The number of nitrogen functional groups attached to an aromatic ring is 1. The molecule has 0 amide bonds. The van der Waals surface area contributed by atoms with Gasteiger partial charge in [0.25, 0.3) is 0 Å². The van der Waals surface area contributed by atoms with Gasteiger partial charge in [-0.05, 0) is 23.3 Å². The monoisotopic (exact) mass is 230 g/mol. The van der Waals surface area contributed by atoms with E-state index >= 15 is 0 Å². The summed E-state index contributed by atoms with van der Waals surface area (Å²) in [6, 6.07) is 4.72. The minimum Gasteiger partial charge on any atom is -0.479 e. The fourth-order valence-corrected chi connectivity index (χ4v) is 1.44. The number of rotatable bonds is 4. The molecule has 1 atom stereocenters. The van der Waals surface area contributed by atoms with Crippen molar-refractivity contribution < 1.29 is 15.0 Å². The van der Waals surface area contributed by atoms with Crippen LogP contribution in [-0.4, -0.2) is 16.2 Å². The number of alkyl halides is 1. The third-order valence-corrected chi connectivity index (χ3v) is 2.27. The summed E-state index contributed by atoms with van der Waals surface area (Å²) in [5.74, 6) is 3.98. The molecule has 0 aliphatic rings. The van der Waals surface area contributed by atoms with Crippen molar-refractivity contribution >= 4 is 23.3 Å². The standard InChI is InChI=1S/C9H11ClN2O3/c10-4-5-1-2-6(12-11)3-7(5)8(13)9(14)15/h1-3,8,12-13H,4,11H2,(H,14,15). The minimum absolute atomic E-state index is 0.129. The molecule has 1 aromatic carbocycles. The Bertz CT molecular complexity index is 370. The molecular formula is C9H11ClN2O3. The van der Waals surface area contributed by atoms with Crippen LogP contribution in [0.1, 0.15) is 17.2 Å². The van der Waals surface area contributed by atoms with Gasteiger partial charge in [-0.2, -0.15) is 0 Å². The van der Waals surface area contributed by atoms with Gasteiger partial charge < -0.3 is 15.6 Å². The number of aliphatic hydroxyl groups is 1. The Kier molecular flexibility index (Phi) is 3.90. The van der Waals surface area contributed by atoms with E-state index in [-0.39, 0.29) is 11.4 Å². The van der Waals surface area contributed by atoms with Gasteiger partial charge in [0.05, 0.1) is 0 Å². The highest BCUT2D eigenvalue weighted by atomic mass is 35.5. The Morgan fingerprint density at radius 1 is 1.60 bits per heavy atom. The number of nitrogens with two attached hydrogens (primary N) is 1. The molecule has 0 aromatic heterocycles. The number of carbonyl (C=O) groups is 1. The first-order chi connectivity index (χ1) is 7.10. The fraction of sp³-hybridized carbons (Fsp3) is 0.222. The van der Waals surface area contributed by atoms with Crippen LogP contribution in [0, 0.1) is 0 Å². The Hall–Kier alpha value is -1.30. The molecule has 0 bridgehead atoms. The molecule has 1 aromatic rings. The first-order valence-electron chi connectivity index (χ1n) is 4.16. The minimum atomic E-state index is -1.59. The van der Waals surface area contributed by atoms with Gasteiger partial charge in [-0.3, -0.25) is 5.84 Å². The normalized spacial score (nSPS) is 12.2. The molecule has 0 radical (unpaired) electrons. The number of carboxylic acids is 1. The molecule has 5 N–H and O–H groups in total. The molecule has 0 saturated heterocycles. The lowest BCUT2D eigenvalue weighted by Crippen LogP contribution is -2.14. The topological polar surface area (TPSA) is 95.6 Å². The van der Waals surface area contributed by atoms with Gasteiger partial charge in [0.15, 0.2) is 6.10 Å². The molecule has 82 valence electrons. The Morgan fingerprint density at radius 3 is 2.73 bits per heavy atom. The number of hydrogen-bond acceptors (Lipinski definition) is 4. The van der Waals surface area contributed by atoms with E-state index in [9.17, 15) is 9.90 Å². The zero-order valence-electron chi connectivity index (χ0n) is 7.77. The van der Waals surface area contributed by atoms with E-state index in [1.54, 1.807) is 12.1 Å². The summed E-state index contributed by atoms with van der Waals surface area (Å²) < 4.78 is 0. The molecule has 0 heterocycles. The molecular weight excluding hydrogens is 220 g/mol. The van der Waals surface area contributed by atoms with Crippen LogP contribution in [-0.2, 0) is 10.7 Å². The van der Waals surface area contributed by atoms with Crippen molar-refractivity contribution in [1.29, 1.82) is 0 Å². The van der Waals surface area contributed by atoms with Crippen LogP contribution in [0.25, 0.3) is 0 Å². The molecule has 15 heavy (non-hydrogen) atoms. The van der Waals surface area contributed by atoms with Crippen LogP contribution in [0.2, 0.25) is 0 Å². The van der Waals surface area contributed by atoms with E-state index in [0.717, 1.165) is 0 Å². The highest BCUT2D eigenvalue weighted by Crippen LogP contribution is 2.23. The largest absolute Gasteiger partial charge is 0.479 e. The SMILES string of the molecule is NNc1ccc(CCl)c(C(O)C(=O)O)c1. The van der Waals surface area contributed by atoms with Crippen molar-refractivity contribution in [2.24, 2.45) is 5.84 Å². The number of aliphatic carboxylic acids is 1. The number of nitrogens with one attached hydrogen (secondary N) is 1. The summed E-state index contributed by atoms with van der Waals surface area (Å²) in [4.78, 5) is 10.6. The second kappa shape index (κ2) is 4.97. The van der Waals surface area contributed by atoms with Crippen molar-refractivity contribution in [3.63, 3.8) is 0 Å². The number of hydrazine groups is 1. The van der Waals surface area contributed by atoms with Gasteiger partial charge in [-0.25, -0.2) is 4.79 Å². The van der Waals surface area contributed by atoms with Crippen LogP contribution in [0.3, 0.4) is 0 Å². The molecule has 6 heteroatoms. The fourth-order valence-electron chi connectivity index (χ4n) is 1.19. The number of benzene rings is 1.